The number of aryl methyl sites for hydroxylation is 2. The number of carbonyl (C=O) groups is 1. The Labute approximate surface area is 85.1 Å². The van der Waals surface area contributed by atoms with Crippen LogP contribution in [0.1, 0.15) is 36.0 Å². The molecule has 0 saturated heterocycles. The van der Waals surface area contributed by atoms with Gasteiger partial charge in [-0.1, -0.05) is 30.7 Å². The van der Waals surface area contributed by atoms with Crippen LogP contribution < -0.4 is 0 Å². The zero-order valence-corrected chi connectivity index (χ0v) is 8.79. The van der Waals surface area contributed by atoms with E-state index in [1.807, 2.05) is 6.92 Å². The molecule has 14 heavy (non-hydrogen) atoms. The SMILES string of the molecule is Cc1ccc2c(c1)C(C(C)C=O)CC2. The van der Waals surface area contributed by atoms with E-state index in [9.17, 15) is 4.79 Å². The minimum atomic E-state index is 0.165. The van der Waals surface area contributed by atoms with Crippen LogP contribution in [0.25, 0.3) is 0 Å². The largest absolute Gasteiger partial charge is 0.303 e. The zero-order valence-electron chi connectivity index (χ0n) is 8.79. The first-order chi connectivity index (χ1) is 6.72. The molecule has 0 radical (unpaired) electrons. The molecular formula is C13H16O. The standard InChI is InChI=1S/C13H16O/c1-9-3-4-11-5-6-12(10(2)8-14)13(11)7-9/h3-4,7-8,10,12H,5-6H2,1-2H3. The van der Waals surface area contributed by atoms with Crippen molar-refractivity contribution < 1.29 is 4.79 Å². The molecule has 1 heteroatoms. The van der Waals surface area contributed by atoms with Gasteiger partial charge in [0.05, 0.1) is 0 Å². The second-order valence-electron chi connectivity index (χ2n) is 4.34. The Morgan fingerprint density at radius 1 is 1.50 bits per heavy atom. The molecule has 0 N–H and O–H groups in total. The fourth-order valence-corrected chi connectivity index (χ4v) is 2.39. The lowest BCUT2D eigenvalue weighted by molar-refractivity contribution is -0.111. The van der Waals surface area contributed by atoms with Crippen molar-refractivity contribution in [2.75, 3.05) is 0 Å². The van der Waals surface area contributed by atoms with Gasteiger partial charge in [-0.25, -0.2) is 0 Å². The molecule has 0 amide bonds. The highest BCUT2D eigenvalue weighted by molar-refractivity contribution is 5.56. The predicted octanol–water partition coefficient (Wildman–Crippen LogP) is 2.86. The number of hydrogen-bond donors (Lipinski definition) is 0. The van der Waals surface area contributed by atoms with E-state index in [4.69, 9.17) is 0 Å². The minimum absolute atomic E-state index is 0.165. The maximum Gasteiger partial charge on any atom is 0.123 e. The Morgan fingerprint density at radius 3 is 3.00 bits per heavy atom. The van der Waals surface area contributed by atoms with Crippen LogP contribution >= 0.6 is 0 Å². The van der Waals surface area contributed by atoms with E-state index >= 15 is 0 Å². The van der Waals surface area contributed by atoms with Gasteiger partial charge < -0.3 is 4.79 Å². The van der Waals surface area contributed by atoms with Gasteiger partial charge in [0.15, 0.2) is 0 Å². The van der Waals surface area contributed by atoms with E-state index in [0.29, 0.717) is 5.92 Å². The average molecular weight is 188 g/mol. The summed E-state index contributed by atoms with van der Waals surface area (Å²) in [5.41, 5.74) is 4.15. The molecule has 1 aliphatic carbocycles. The molecular weight excluding hydrogens is 172 g/mol. The molecule has 0 heterocycles. The number of rotatable bonds is 2. The van der Waals surface area contributed by atoms with Crippen molar-refractivity contribution in [3.63, 3.8) is 0 Å². The van der Waals surface area contributed by atoms with E-state index in [2.05, 4.69) is 25.1 Å². The Morgan fingerprint density at radius 2 is 2.29 bits per heavy atom. The van der Waals surface area contributed by atoms with Gasteiger partial charge in [0.2, 0.25) is 0 Å². The summed E-state index contributed by atoms with van der Waals surface area (Å²) in [4.78, 5) is 10.8. The van der Waals surface area contributed by atoms with Crippen molar-refractivity contribution >= 4 is 6.29 Å². The Bertz CT molecular complexity index is 354. The average Bonchev–Trinajstić information content (AvgIpc) is 2.59. The minimum Gasteiger partial charge on any atom is -0.303 e. The number of fused-ring (bicyclic) bond motifs is 1. The maximum absolute atomic E-state index is 10.8. The van der Waals surface area contributed by atoms with Crippen LogP contribution in [0.15, 0.2) is 18.2 Å². The number of carbonyl (C=O) groups excluding carboxylic acids is 1. The Balaban J connectivity index is 2.37. The lowest BCUT2D eigenvalue weighted by Crippen LogP contribution is -2.07. The summed E-state index contributed by atoms with van der Waals surface area (Å²) in [7, 11) is 0. The lowest BCUT2D eigenvalue weighted by Gasteiger charge is -2.14. The molecule has 1 aromatic rings. The van der Waals surface area contributed by atoms with Gasteiger partial charge in [0.1, 0.15) is 6.29 Å². The van der Waals surface area contributed by atoms with Gasteiger partial charge in [0, 0.05) is 5.92 Å². The monoisotopic (exact) mass is 188 g/mol. The molecule has 0 spiro atoms. The van der Waals surface area contributed by atoms with Gasteiger partial charge in [-0.15, -0.1) is 0 Å². The van der Waals surface area contributed by atoms with Crippen LogP contribution in [0.3, 0.4) is 0 Å². The van der Waals surface area contributed by atoms with Gasteiger partial charge in [-0.3, -0.25) is 0 Å². The summed E-state index contributed by atoms with van der Waals surface area (Å²) >= 11 is 0. The molecule has 0 aliphatic heterocycles. The quantitative estimate of drug-likeness (QED) is 0.652. The van der Waals surface area contributed by atoms with Crippen LogP contribution in [0.5, 0.6) is 0 Å². The molecule has 1 nitrogen and oxygen atoms in total. The van der Waals surface area contributed by atoms with Crippen molar-refractivity contribution in [3.05, 3.63) is 34.9 Å². The fourth-order valence-electron chi connectivity index (χ4n) is 2.39. The van der Waals surface area contributed by atoms with Gasteiger partial charge >= 0.3 is 0 Å². The highest BCUT2D eigenvalue weighted by Crippen LogP contribution is 2.37. The highest BCUT2D eigenvalue weighted by Gasteiger charge is 2.26. The smallest absolute Gasteiger partial charge is 0.123 e. The molecule has 2 rings (SSSR count). The van der Waals surface area contributed by atoms with Crippen LogP contribution in [0.2, 0.25) is 0 Å². The summed E-state index contributed by atoms with van der Waals surface area (Å²) in [6.07, 6.45) is 3.36. The van der Waals surface area contributed by atoms with E-state index < -0.39 is 0 Å². The third kappa shape index (κ3) is 1.47. The van der Waals surface area contributed by atoms with Gasteiger partial charge in [0.25, 0.3) is 0 Å². The summed E-state index contributed by atoms with van der Waals surface area (Å²) in [6.45, 7) is 4.14. The van der Waals surface area contributed by atoms with Crippen LogP contribution in [0, 0.1) is 12.8 Å². The van der Waals surface area contributed by atoms with Crippen LogP contribution in [-0.2, 0) is 11.2 Å². The molecule has 0 bridgehead atoms. The number of hydrogen-bond acceptors (Lipinski definition) is 1. The number of aldehydes is 1. The summed E-state index contributed by atoms with van der Waals surface area (Å²) in [5, 5.41) is 0. The van der Waals surface area contributed by atoms with Crippen molar-refractivity contribution in [1.82, 2.24) is 0 Å². The summed E-state index contributed by atoms with van der Waals surface area (Å²) in [5.74, 6) is 0.625. The Hall–Kier alpha value is -1.11. The molecule has 1 aliphatic rings. The van der Waals surface area contributed by atoms with E-state index in [0.717, 1.165) is 19.1 Å². The summed E-state index contributed by atoms with van der Waals surface area (Å²) in [6, 6.07) is 6.61. The second-order valence-corrected chi connectivity index (χ2v) is 4.34. The van der Waals surface area contributed by atoms with E-state index in [-0.39, 0.29) is 5.92 Å². The Kier molecular flexibility index (Phi) is 2.40. The predicted molar refractivity (Wildman–Crippen MR) is 57.5 cm³/mol. The third-order valence-electron chi connectivity index (χ3n) is 3.27. The highest BCUT2D eigenvalue weighted by atomic mass is 16.1. The van der Waals surface area contributed by atoms with E-state index in [1.165, 1.54) is 16.7 Å². The van der Waals surface area contributed by atoms with Crippen molar-refractivity contribution in [3.8, 4) is 0 Å². The van der Waals surface area contributed by atoms with Crippen molar-refractivity contribution in [1.29, 1.82) is 0 Å². The molecule has 0 saturated carbocycles. The number of benzene rings is 1. The van der Waals surface area contributed by atoms with E-state index in [1.54, 1.807) is 0 Å². The van der Waals surface area contributed by atoms with Gasteiger partial charge in [-0.2, -0.15) is 0 Å². The first kappa shape index (κ1) is 9.45. The third-order valence-corrected chi connectivity index (χ3v) is 3.27. The molecule has 2 atom stereocenters. The van der Waals surface area contributed by atoms with Crippen LogP contribution in [-0.4, -0.2) is 6.29 Å². The molecule has 2 unspecified atom stereocenters. The maximum atomic E-state index is 10.8. The molecule has 0 fully saturated rings. The van der Waals surface area contributed by atoms with Gasteiger partial charge in [-0.05, 0) is 36.8 Å². The van der Waals surface area contributed by atoms with Crippen molar-refractivity contribution in [2.24, 2.45) is 5.92 Å². The molecule has 74 valence electrons. The van der Waals surface area contributed by atoms with Crippen LogP contribution in [0.4, 0.5) is 0 Å². The summed E-state index contributed by atoms with van der Waals surface area (Å²) < 4.78 is 0. The molecule has 1 aromatic carbocycles. The first-order valence-electron chi connectivity index (χ1n) is 5.27. The molecule has 0 aromatic heterocycles. The second kappa shape index (κ2) is 3.56. The normalized spacial score (nSPS) is 21.7. The fraction of sp³-hybridized carbons (Fsp3) is 0.462. The van der Waals surface area contributed by atoms with Crippen molar-refractivity contribution in [2.45, 2.75) is 32.6 Å². The zero-order chi connectivity index (χ0) is 10.1. The lowest BCUT2D eigenvalue weighted by atomic mass is 9.89. The first-order valence-corrected chi connectivity index (χ1v) is 5.27. The topological polar surface area (TPSA) is 17.1 Å².